The number of rotatable bonds is 4. The molecule has 1 saturated heterocycles. The van der Waals surface area contributed by atoms with Crippen LogP contribution in [0.4, 0.5) is 11.4 Å². The van der Waals surface area contributed by atoms with Gasteiger partial charge in [0.25, 0.3) is 5.79 Å². The van der Waals surface area contributed by atoms with Crippen molar-refractivity contribution in [3.63, 3.8) is 0 Å². The van der Waals surface area contributed by atoms with Crippen LogP contribution in [0.5, 0.6) is 0 Å². The van der Waals surface area contributed by atoms with Crippen molar-refractivity contribution in [1.82, 2.24) is 0 Å². The molecule has 0 amide bonds. The molecular weight excluding hydrogens is 352 g/mol. The molecule has 0 unspecified atom stereocenters. The summed E-state index contributed by atoms with van der Waals surface area (Å²) in [5.41, 5.74) is 1.39. The van der Waals surface area contributed by atoms with Gasteiger partial charge in [0, 0.05) is 31.1 Å². The fourth-order valence-corrected chi connectivity index (χ4v) is 2.27. The third-order valence-corrected chi connectivity index (χ3v) is 3.33. The standard InChI is InChI=1S/C15H17BrN2O4/c1-4-17-11-6-5-9(16)7-12(11)18-8-10-13(19)21-15(2,3)22-14(10)20/h5-8,17-18H,4H2,1-3H3. The monoisotopic (exact) mass is 368 g/mol. The van der Waals surface area contributed by atoms with E-state index >= 15 is 0 Å². The normalized spacial score (nSPS) is 16.6. The molecule has 0 atom stereocenters. The van der Waals surface area contributed by atoms with Crippen LogP contribution < -0.4 is 10.6 Å². The minimum Gasteiger partial charge on any atom is -0.419 e. The largest absolute Gasteiger partial charge is 0.419 e. The summed E-state index contributed by atoms with van der Waals surface area (Å²) in [4.78, 5) is 23.7. The summed E-state index contributed by atoms with van der Waals surface area (Å²) in [6, 6.07) is 5.61. The fourth-order valence-electron chi connectivity index (χ4n) is 1.91. The molecule has 1 heterocycles. The lowest BCUT2D eigenvalue weighted by Gasteiger charge is -2.29. The van der Waals surface area contributed by atoms with Crippen molar-refractivity contribution in [2.75, 3.05) is 17.2 Å². The maximum atomic E-state index is 11.9. The van der Waals surface area contributed by atoms with Crippen LogP contribution >= 0.6 is 15.9 Å². The number of cyclic esters (lactones) is 2. The first kappa shape index (κ1) is 16.4. The van der Waals surface area contributed by atoms with Crippen molar-refractivity contribution in [3.8, 4) is 0 Å². The molecule has 0 bridgehead atoms. The highest BCUT2D eigenvalue weighted by Gasteiger charge is 2.38. The second kappa shape index (κ2) is 6.39. The average molecular weight is 369 g/mol. The van der Waals surface area contributed by atoms with E-state index in [0.29, 0.717) is 5.69 Å². The zero-order valence-electron chi connectivity index (χ0n) is 12.5. The first-order valence-electron chi connectivity index (χ1n) is 6.79. The first-order chi connectivity index (χ1) is 10.3. The van der Waals surface area contributed by atoms with Gasteiger partial charge in [0.2, 0.25) is 0 Å². The molecule has 1 aromatic rings. The van der Waals surface area contributed by atoms with Gasteiger partial charge in [-0.25, -0.2) is 9.59 Å². The van der Waals surface area contributed by atoms with Crippen LogP contribution in [0.3, 0.4) is 0 Å². The molecular formula is C15H17BrN2O4. The lowest BCUT2D eigenvalue weighted by molar-refractivity contribution is -0.222. The lowest BCUT2D eigenvalue weighted by atomic mass is 10.2. The lowest BCUT2D eigenvalue weighted by Crippen LogP contribution is -2.42. The minimum atomic E-state index is -1.24. The summed E-state index contributed by atoms with van der Waals surface area (Å²) in [5, 5.41) is 6.12. The van der Waals surface area contributed by atoms with Crippen molar-refractivity contribution in [1.29, 1.82) is 0 Å². The highest BCUT2D eigenvalue weighted by atomic mass is 79.9. The number of halogens is 1. The molecule has 0 aromatic heterocycles. The van der Waals surface area contributed by atoms with Gasteiger partial charge in [-0.3, -0.25) is 0 Å². The van der Waals surface area contributed by atoms with E-state index < -0.39 is 17.7 Å². The Kier molecular flexibility index (Phi) is 4.75. The Morgan fingerprint density at radius 2 is 1.82 bits per heavy atom. The van der Waals surface area contributed by atoms with E-state index in [0.717, 1.165) is 16.7 Å². The van der Waals surface area contributed by atoms with Gasteiger partial charge in [-0.1, -0.05) is 15.9 Å². The Morgan fingerprint density at radius 1 is 1.18 bits per heavy atom. The summed E-state index contributed by atoms with van der Waals surface area (Å²) in [5.74, 6) is -2.67. The molecule has 0 aliphatic carbocycles. The number of carbonyl (C=O) groups is 2. The number of esters is 2. The van der Waals surface area contributed by atoms with Crippen LogP contribution in [0.2, 0.25) is 0 Å². The van der Waals surface area contributed by atoms with E-state index in [1.807, 2.05) is 25.1 Å². The minimum absolute atomic E-state index is 0.179. The van der Waals surface area contributed by atoms with Crippen molar-refractivity contribution in [2.45, 2.75) is 26.6 Å². The van der Waals surface area contributed by atoms with E-state index in [2.05, 4.69) is 26.6 Å². The van der Waals surface area contributed by atoms with Gasteiger partial charge in [0.1, 0.15) is 0 Å². The van der Waals surface area contributed by atoms with Crippen LogP contribution in [-0.4, -0.2) is 24.3 Å². The second-order valence-corrected chi connectivity index (χ2v) is 6.02. The summed E-state index contributed by atoms with van der Waals surface area (Å²) in [6.07, 6.45) is 1.29. The molecule has 1 aliphatic heterocycles. The summed E-state index contributed by atoms with van der Waals surface area (Å²) in [7, 11) is 0. The second-order valence-electron chi connectivity index (χ2n) is 5.10. The topological polar surface area (TPSA) is 76.7 Å². The number of anilines is 2. The zero-order chi connectivity index (χ0) is 16.3. The highest BCUT2D eigenvalue weighted by molar-refractivity contribution is 9.10. The van der Waals surface area contributed by atoms with Gasteiger partial charge in [-0.2, -0.15) is 0 Å². The molecule has 2 N–H and O–H groups in total. The van der Waals surface area contributed by atoms with E-state index in [4.69, 9.17) is 9.47 Å². The van der Waals surface area contributed by atoms with Gasteiger partial charge >= 0.3 is 11.9 Å². The Balaban J connectivity index is 2.23. The van der Waals surface area contributed by atoms with Crippen molar-refractivity contribution >= 4 is 39.2 Å². The van der Waals surface area contributed by atoms with Crippen LogP contribution in [0.1, 0.15) is 20.8 Å². The van der Waals surface area contributed by atoms with Crippen LogP contribution in [0.15, 0.2) is 34.4 Å². The molecule has 1 aliphatic rings. The predicted molar refractivity (Wildman–Crippen MR) is 86.3 cm³/mol. The SMILES string of the molecule is CCNc1ccc(Br)cc1NC=C1C(=O)OC(C)(C)OC1=O. The third kappa shape index (κ3) is 3.79. The Labute approximate surface area is 137 Å². The molecule has 7 heteroatoms. The van der Waals surface area contributed by atoms with Gasteiger partial charge in [0.05, 0.1) is 11.4 Å². The quantitative estimate of drug-likeness (QED) is 0.483. The van der Waals surface area contributed by atoms with Gasteiger partial charge in [0.15, 0.2) is 5.57 Å². The molecule has 0 radical (unpaired) electrons. The van der Waals surface area contributed by atoms with E-state index in [1.165, 1.54) is 20.0 Å². The van der Waals surface area contributed by atoms with Gasteiger partial charge in [-0.05, 0) is 25.1 Å². The highest BCUT2D eigenvalue weighted by Crippen LogP contribution is 2.27. The number of hydrogen-bond donors (Lipinski definition) is 2. The number of carbonyl (C=O) groups excluding carboxylic acids is 2. The Morgan fingerprint density at radius 3 is 2.41 bits per heavy atom. The van der Waals surface area contributed by atoms with Crippen LogP contribution in [0.25, 0.3) is 0 Å². The first-order valence-corrected chi connectivity index (χ1v) is 7.58. The van der Waals surface area contributed by atoms with Crippen LogP contribution in [-0.2, 0) is 19.1 Å². The number of ether oxygens (including phenoxy) is 2. The molecule has 118 valence electrons. The molecule has 0 saturated carbocycles. The zero-order valence-corrected chi connectivity index (χ0v) is 14.1. The van der Waals surface area contributed by atoms with Gasteiger partial charge in [-0.15, -0.1) is 0 Å². The van der Waals surface area contributed by atoms with Crippen molar-refractivity contribution in [2.24, 2.45) is 0 Å². The molecule has 0 spiro atoms. The number of hydrogen-bond acceptors (Lipinski definition) is 6. The fraction of sp³-hybridized carbons (Fsp3) is 0.333. The molecule has 22 heavy (non-hydrogen) atoms. The Hall–Kier alpha value is -2.02. The molecule has 2 rings (SSSR count). The van der Waals surface area contributed by atoms with E-state index in [9.17, 15) is 9.59 Å². The van der Waals surface area contributed by atoms with Crippen molar-refractivity contribution in [3.05, 3.63) is 34.4 Å². The molecule has 1 aromatic carbocycles. The smallest absolute Gasteiger partial charge is 0.350 e. The average Bonchev–Trinajstić information content (AvgIpc) is 2.39. The van der Waals surface area contributed by atoms with Crippen molar-refractivity contribution < 1.29 is 19.1 Å². The number of nitrogens with one attached hydrogen (secondary N) is 2. The molecule has 6 nitrogen and oxygen atoms in total. The maximum absolute atomic E-state index is 11.9. The third-order valence-electron chi connectivity index (χ3n) is 2.84. The Bertz CT molecular complexity index is 618. The predicted octanol–water partition coefficient (Wildman–Crippen LogP) is 3.01. The number of benzene rings is 1. The van der Waals surface area contributed by atoms with E-state index in [1.54, 1.807) is 0 Å². The summed E-state index contributed by atoms with van der Waals surface area (Å²) < 4.78 is 10.9. The summed E-state index contributed by atoms with van der Waals surface area (Å²) >= 11 is 3.38. The van der Waals surface area contributed by atoms with Crippen LogP contribution in [0, 0.1) is 0 Å². The molecule has 1 fully saturated rings. The van der Waals surface area contributed by atoms with E-state index in [-0.39, 0.29) is 5.57 Å². The summed E-state index contributed by atoms with van der Waals surface area (Å²) in [6.45, 7) is 5.72. The van der Waals surface area contributed by atoms with Gasteiger partial charge < -0.3 is 20.1 Å². The maximum Gasteiger partial charge on any atom is 0.350 e.